The number of rotatable bonds is 3. The zero-order valence-electron chi connectivity index (χ0n) is 10.3. The molecule has 0 radical (unpaired) electrons. The van der Waals surface area contributed by atoms with Crippen LogP contribution in [-0.2, 0) is 13.5 Å². The fourth-order valence-electron chi connectivity index (χ4n) is 2.92. The molecule has 17 heavy (non-hydrogen) atoms. The minimum atomic E-state index is 0.154. The molecule has 2 N–H and O–H groups in total. The molecular weight excluding hydrogens is 216 g/mol. The average Bonchev–Trinajstić information content (AvgIpc) is 2.76. The number of nitrogens with zero attached hydrogens (tertiary/aromatic N) is 5. The molecule has 2 bridgehead atoms. The van der Waals surface area contributed by atoms with Crippen LogP contribution in [0.1, 0.15) is 5.82 Å². The molecule has 4 heterocycles. The number of piperazine rings is 3. The zero-order valence-corrected chi connectivity index (χ0v) is 10.3. The van der Waals surface area contributed by atoms with Crippen LogP contribution in [0, 0.1) is 0 Å². The molecule has 3 saturated heterocycles. The molecule has 6 nitrogen and oxygen atoms in total. The van der Waals surface area contributed by atoms with Crippen LogP contribution in [0.2, 0.25) is 0 Å². The largest absolute Gasteiger partial charge is 0.326 e. The summed E-state index contributed by atoms with van der Waals surface area (Å²) in [6, 6.07) is 0.634. The Morgan fingerprint density at radius 2 is 2.18 bits per heavy atom. The first-order chi connectivity index (χ1) is 8.24. The van der Waals surface area contributed by atoms with Gasteiger partial charge >= 0.3 is 0 Å². The third-order valence-electron chi connectivity index (χ3n) is 4.04. The summed E-state index contributed by atoms with van der Waals surface area (Å²) in [4.78, 5) is 9.30. The van der Waals surface area contributed by atoms with Crippen molar-refractivity contribution in [3.63, 3.8) is 0 Å². The van der Waals surface area contributed by atoms with Crippen molar-refractivity contribution in [2.24, 2.45) is 12.8 Å². The number of aryl methyl sites for hydroxylation is 1. The summed E-state index contributed by atoms with van der Waals surface area (Å²) >= 11 is 0. The lowest BCUT2D eigenvalue weighted by molar-refractivity contribution is 0.00225. The minimum absolute atomic E-state index is 0.154. The smallest absolute Gasteiger partial charge is 0.138 e. The van der Waals surface area contributed by atoms with Crippen LogP contribution in [0.25, 0.3) is 0 Å². The monoisotopic (exact) mass is 236 g/mol. The van der Waals surface area contributed by atoms with E-state index in [0.717, 1.165) is 31.9 Å². The Bertz CT molecular complexity index is 381. The Kier molecular flexibility index (Phi) is 2.85. The van der Waals surface area contributed by atoms with Gasteiger partial charge in [-0.05, 0) is 0 Å². The molecule has 0 aromatic carbocycles. The van der Waals surface area contributed by atoms with Crippen molar-refractivity contribution in [3.8, 4) is 0 Å². The summed E-state index contributed by atoms with van der Waals surface area (Å²) in [5.74, 6) is 0.982. The van der Waals surface area contributed by atoms with E-state index in [-0.39, 0.29) is 6.04 Å². The molecule has 0 saturated carbocycles. The van der Waals surface area contributed by atoms with Crippen molar-refractivity contribution >= 4 is 0 Å². The summed E-state index contributed by atoms with van der Waals surface area (Å²) in [7, 11) is 1.92. The number of nitrogens with two attached hydrogens (primary N) is 1. The molecule has 94 valence electrons. The summed E-state index contributed by atoms with van der Waals surface area (Å²) in [6.07, 6.45) is 2.41. The first-order valence-corrected chi connectivity index (χ1v) is 6.29. The van der Waals surface area contributed by atoms with Gasteiger partial charge in [0.25, 0.3) is 0 Å². The van der Waals surface area contributed by atoms with Gasteiger partial charge in [-0.25, -0.2) is 4.98 Å². The molecule has 3 aliphatic heterocycles. The molecule has 2 unspecified atom stereocenters. The first-order valence-electron chi connectivity index (χ1n) is 6.29. The van der Waals surface area contributed by atoms with Gasteiger partial charge in [-0.1, -0.05) is 0 Å². The van der Waals surface area contributed by atoms with E-state index in [1.807, 2.05) is 11.7 Å². The Labute approximate surface area is 101 Å². The van der Waals surface area contributed by atoms with E-state index in [9.17, 15) is 0 Å². The standard InChI is InChI=1S/C11H20N6/c1-15-11(13-8-14-15)6-9(12)10-7-16-2-4-17(10)5-3-16/h8-10H,2-7,12H2,1H3. The maximum absolute atomic E-state index is 6.35. The Morgan fingerprint density at radius 1 is 1.41 bits per heavy atom. The Balaban J connectivity index is 1.66. The van der Waals surface area contributed by atoms with Crippen LogP contribution in [0.5, 0.6) is 0 Å². The molecule has 4 rings (SSSR count). The van der Waals surface area contributed by atoms with E-state index in [1.54, 1.807) is 6.33 Å². The lowest BCUT2D eigenvalue weighted by atomic mass is 9.98. The average molecular weight is 236 g/mol. The molecule has 0 amide bonds. The topological polar surface area (TPSA) is 63.2 Å². The molecule has 3 aliphatic rings. The normalized spacial score (nSPS) is 33.9. The van der Waals surface area contributed by atoms with Crippen molar-refractivity contribution < 1.29 is 0 Å². The van der Waals surface area contributed by atoms with Gasteiger partial charge in [0.15, 0.2) is 0 Å². The van der Waals surface area contributed by atoms with Crippen molar-refractivity contribution in [3.05, 3.63) is 12.2 Å². The molecule has 1 aromatic rings. The number of hydrogen-bond donors (Lipinski definition) is 1. The fraction of sp³-hybridized carbons (Fsp3) is 0.818. The van der Waals surface area contributed by atoms with E-state index in [2.05, 4.69) is 19.9 Å². The molecule has 0 aliphatic carbocycles. The van der Waals surface area contributed by atoms with Gasteiger partial charge < -0.3 is 5.73 Å². The van der Waals surface area contributed by atoms with E-state index < -0.39 is 0 Å². The van der Waals surface area contributed by atoms with Crippen LogP contribution in [0.3, 0.4) is 0 Å². The third-order valence-corrected chi connectivity index (χ3v) is 4.04. The lowest BCUT2D eigenvalue weighted by Gasteiger charge is -2.49. The van der Waals surface area contributed by atoms with Crippen LogP contribution in [0.15, 0.2) is 6.33 Å². The van der Waals surface area contributed by atoms with Crippen LogP contribution < -0.4 is 5.73 Å². The quantitative estimate of drug-likeness (QED) is 0.705. The SMILES string of the molecule is Cn1ncnc1CC(N)C1CN2CCN1CC2. The van der Waals surface area contributed by atoms with Crippen LogP contribution in [-0.4, -0.2) is 69.4 Å². The second-order valence-electron chi connectivity index (χ2n) is 5.07. The van der Waals surface area contributed by atoms with Gasteiger partial charge in [-0.3, -0.25) is 14.5 Å². The van der Waals surface area contributed by atoms with Gasteiger partial charge in [0, 0.05) is 58.3 Å². The Hall–Kier alpha value is -0.980. The van der Waals surface area contributed by atoms with Crippen LogP contribution >= 0.6 is 0 Å². The predicted molar refractivity (Wildman–Crippen MR) is 64.5 cm³/mol. The van der Waals surface area contributed by atoms with Gasteiger partial charge in [-0.2, -0.15) is 5.10 Å². The van der Waals surface area contributed by atoms with Crippen LogP contribution in [0.4, 0.5) is 0 Å². The van der Waals surface area contributed by atoms with Crippen molar-refractivity contribution in [1.29, 1.82) is 0 Å². The second-order valence-corrected chi connectivity index (χ2v) is 5.07. The van der Waals surface area contributed by atoms with Gasteiger partial charge in [0.2, 0.25) is 0 Å². The number of fused-ring (bicyclic) bond motifs is 3. The zero-order chi connectivity index (χ0) is 11.8. The molecular formula is C11H20N6. The molecule has 0 spiro atoms. The van der Waals surface area contributed by atoms with Crippen molar-refractivity contribution in [2.75, 3.05) is 32.7 Å². The highest BCUT2D eigenvalue weighted by Gasteiger charge is 2.35. The Morgan fingerprint density at radius 3 is 2.71 bits per heavy atom. The van der Waals surface area contributed by atoms with Gasteiger partial charge in [-0.15, -0.1) is 0 Å². The van der Waals surface area contributed by atoms with E-state index in [4.69, 9.17) is 5.73 Å². The molecule has 2 atom stereocenters. The number of aromatic nitrogens is 3. The second kappa shape index (κ2) is 4.36. The number of hydrogen-bond acceptors (Lipinski definition) is 5. The maximum Gasteiger partial charge on any atom is 0.138 e. The highest BCUT2D eigenvalue weighted by molar-refractivity contribution is 4.98. The molecule has 6 heteroatoms. The van der Waals surface area contributed by atoms with Gasteiger partial charge in [0.05, 0.1) is 0 Å². The summed E-state index contributed by atoms with van der Waals surface area (Å²) < 4.78 is 1.82. The highest BCUT2D eigenvalue weighted by atomic mass is 15.4. The highest BCUT2D eigenvalue weighted by Crippen LogP contribution is 2.18. The van der Waals surface area contributed by atoms with Crippen molar-refractivity contribution in [2.45, 2.75) is 18.5 Å². The van der Waals surface area contributed by atoms with E-state index in [0.29, 0.717) is 6.04 Å². The first kappa shape index (κ1) is 11.1. The lowest BCUT2D eigenvalue weighted by Crippen LogP contribution is -2.66. The van der Waals surface area contributed by atoms with E-state index in [1.165, 1.54) is 13.1 Å². The summed E-state index contributed by atoms with van der Waals surface area (Å²) in [6.45, 7) is 5.84. The fourth-order valence-corrected chi connectivity index (χ4v) is 2.92. The predicted octanol–water partition coefficient (Wildman–Crippen LogP) is -1.32. The molecule has 1 aromatic heterocycles. The van der Waals surface area contributed by atoms with Gasteiger partial charge in [0.1, 0.15) is 12.2 Å². The summed E-state index contributed by atoms with van der Waals surface area (Å²) in [5.41, 5.74) is 6.35. The minimum Gasteiger partial charge on any atom is -0.326 e. The summed E-state index contributed by atoms with van der Waals surface area (Å²) in [5, 5.41) is 4.09. The molecule has 3 fully saturated rings. The van der Waals surface area contributed by atoms with E-state index >= 15 is 0 Å². The van der Waals surface area contributed by atoms with Crippen molar-refractivity contribution in [1.82, 2.24) is 24.6 Å². The third kappa shape index (κ3) is 2.08. The maximum atomic E-state index is 6.35.